The molecule has 0 radical (unpaired) electrons. The number of hydrogen-bond acceptors (Lipinski definition) is 3. The van der Waals surface area contributed by atoms with Crippen LogP contribution < -0.4 is 0 Å². The molecule has 0 saturated carbocycles. The molecule has 2 unspecified atom stereocenters. The first-order chi connectivity index (χ1) is 8.30. The van der Waals surface area contributed by atoms with E-state index in [0.717, 1.165) is 12.8 Å². The van der Waals surface area contributed by atoms with Gasteiger partial charge in [0.15, 0.2) is 0 Å². The number of likely N-dealkylation sites (N-methyl/N-ethyl adjacent to an activating group) is 1. The highest BCUT2D eigenvalue weighted by Crippen LogP contribution is 2.24. The molecule has 1 aliphatic heterocycles. The van der Waals surface area contributed by atoms with Crippen LogP contribution in [-0.2, 0) is 9.53 Å². The number of piperidine rings is 1. The van der Waals surface area contributed by atoms with E-state index in [1.807, 2.05) is 6.92 Å². The van der Waals surface area contributed by atoms with Crippen LogP contribution in [0.15, 0.2) is 0 Å². The number of amides is 2. The molecule has 0 aliphatic carbocycles. The fraction of sp³-hybridized carbons (Fsp3) is 0.833. The summed E-state index contributed by atoms with van der Waals surface area (Å²) in [7, 11) is 3.15. The van der Waals surface area contributed by atoms with Crippen molar-refractivity contribution in [3.8, 4) is 0 Å². The van der Waals surface area contributed by atoms with Crippen molar-refractivity contribution in [3.63, 3.8) is 0 Å². The van der Waals surface area contributed by atoms with Gasteiger partial charge in [-0.05, 0) is 26.7 Å². The topological polar surface area (TPSA) is 70.1 Å². The van der Waals surface area contributed by atoms with Gasteiger partial charge in [0, 0.05) is 20.7 Å². The van der Waals surface area contributed by atoms with E-state index in [1.165, 1.54) is 18.9 Å². The third-order valence-electron chi connectivity index (χ3n) is 3.66. The first kappa shape index (κ1) is 14.8. The van der Waals surface area contributed by atoms with Gasteiger partial charge in [0.05, 0.1) is 12.1 Å². The van der Waals surface area contributed by atoms with Crippen LogP contribution in [0.25, 0.3) is 0 Å². The van der Waals surface area contributed by atoms with Crippen LogP contribution in [0.3, 0.4) is 0 Å². The molecule has 6 nitrogen and oxygen atoms in total. The molecule has 1 fully saturated rings. The summed E-state index contributed by atoms with van der Waals surface area (Å²) in [4.78, 5) is 26.0. The maximum Gasteiger partial charge on any atom is 0.326 e. The van der Waals surface area contributed by atoms with Crippen LogP contribution in [0.5, 0.6) is 0 Å². The summed E-state index contributed by atoms with van der Waals surface area (Å²) in [6.07, 6.45) is 1.77. The molecule has 0 aromatic carbocycles. The van der Waals surface area contributed by atoms with Gasteiger partial charge in [-0.1, -0.05) is 0 Å². The molecule has 2 atom stereocenters. The van der Waals surface area contributed by atoms with Crippen molar-refractivity contribution < 1.29 is 19.4 Å². The number of aliphatic carboxylic acids is 1. The van der Waals surface area contributed by atoms with Crippen molar-refractivity contribution in [2.75, 3.05) is 27.2 Å². The van der Waals surface area contributed by atoms with E-state index in [0.29, 0.717) is 13.1 Å². The van der Waals surface area contributed by atoms with E-state index in [1.54, 1.807) is 12.0 Å². The largest absolute Gasteiger partial charge is 0.480 e. The van der Waals surface area contributed by atoms with Gasteiger partial charge >= 0.3 is 12.0 Å². The Morgan fingerprint density at radius 3 is 2.61 bits per heavy atom. The van der Waals surface area contributed by atoms with Crippen molar-refractivity contribution in [2.24, 2.45) is 0 Å². The average Bonchev–Trinajstić information content (AvgIpc) is 2.36. The lowest BCUT2D eigenvalue weighted by Crippen LogP contribution is -2.55. The number of carbonyl (C=O) groups is 2. The SMILES string of the molecule is COC1(C)CCCN(C(=O)N(C)C(C)C(=O)O)C1. The number of carboxylic acid groups (broad SMARTS) is 1. The molecule has 1 heterocycles. The highest BCUT2D eigenvalue weighted by atomic mass is 16.5. The molecule has 1 aliphatic rings. The monoisotopic (exact) mass is 258 g/mol. The Labute approximate surface area is 107 Å². The standard InChI is InChI=1S/C12H22N2O4/c1-9(10(15)16)13(3)11(17)14-7-5-6-12(2,8-14)18-4/h9H,5-8H2,1-4H3,(H,15,16). The highest BCUT2D eigenvalue weighted by Gasteiger charge is 2.35. The zero-order valence-electron chi connectivity index (χ0n) is 11.5. The quantitative estimate of drug-likeness (QED) is 0.820. The van der Waals surface area contributed by atoms with Crippen molar-refractivity contribution in [1.29, 1.82) is 0 Å². The normalized spacial score (nSPS) is 25.7. The summed E-state index contributed by atoms with van der Waals surface area (Å²) in [6.45, 7) is 4.61. The van der Waals surface area contributed by atoms with Crippen molar-refractivity contribution >= 4 is 12.0 Å². The summed E-state index contributed by atoms with van der Waals surface area (Å²) in [5, 5.41) is 8.91. The number of hydrogen-bond donors (Lipinski definition) is 1. The summed E-state index contributed by atoms with van der Waals surface area (Å²) in [5.41, 5.74) is -0.332. The molecule has 0 spiro atoms. The minimum Gasteiger partial charge on any atom is -0.480 e. The lowest BCUT2D eigenvalue weighted by atomic mass is 9.95. The predicted octanol–water partition coefficient (Wildman–Crippen LogP) is 1.01. The van der Waals surface area contributed by atoms with E-state index in [-0.39, 0.29) is 11.6 Å². The highest BCUT2D eigenvalue weighted by molar-refractivity contribution is 5.82. The van der Waals surface area contributed by atoms with Crippen molar-refractivity contribution in [1.82, 2.24) is 9.80 Å². The van der Waals surface area contributed by atoms with Crippen molar-refractivity contribution in [3.05, 3.63) is 0 Å². The Balaban J connectivity index is 2.69. The van der Waals surface area contributed by atoms with Gasteiger partial charge in [-0.3, -0.25) is 0 Å². The molecular formula is C12H22N2O4. The van der Waals surface area contributed by atoms with E-state index in [9.17, 15) is 9.59 Å². The van der Waals surface area contributed by atoms with Crippen LogP contribution in [-0.4, -0.2) is 65.8 Å². The Morgan fingerprint density at radius 1 is 1.50 bits per heavy atom. The lowest BCUT2D eigenvalue weighted by Gasteiger charge is -2.41. The molecular weight excluding hydrogens is 236 g/mol. The van der Waals surface area contributed by atoms with Crippen LogP contribution in [0, 0.1) is 0 Å². The summed E-state index contributed by atoms with van der Waals surface area (Å²) in [5.74, 6) is -1.00. The van der Waals surface area contributed by atoms with Crippen LogP contribution in [0.4, 0.5) is 4.79 Å². The molecule has 6 heteroatoms. The van der Waals surface area contributed by atoms with Gasteiger partial charge < -0.3 is 19.6 Å². The van der Waals surface area contributed by atoms with E-state index < -0.39 is 12.0 Å². The minimum absolute atomic E-state index is 0.257. The smallest absolute Gasteiger partial charge is 0.326 e. The number of carbonyl (C=O) groups excluding carboxylic acids is 1. The third kappa shape index (κ3) is 3.13. The zero-order chi connectivity index (χ0) is 13.9. The number of carboxylic acids is 1. The minimum atomic E-state index is -1.00. The molecule has 0 aromatic rings. The number of rotatable bonds is 3. The van der Waals surface area contributed by atoms with Gasteiger partial charge in [0.2, 0.25) is 0 Å². The number of likely N-dealkylation sites (tertiary alicyclic amines) is 1. The van der Waals surface area contributed by atoms with E-state index in [4.69, 9.17) is 9.84 Å². The van der Waals surface area contributed by atoms with E-state index >= 15 is 0 Å². The molecule has 0 bridgehead atoms. The molecule has 1 saturated heterocycles. The first-order valence-electron chi connectivity index (χ1n) is 6.10. The van der Waals surface area contributed by atoms with E-state index in [2.05, 4.69) is 0 Å². The fourth-order valence-corrected chi connectivity index (χ4v) is 2.09. The summed E-state index contributed by atoms with van der Waals surface area (Å²) >= 11 is 0. The molecule has 18 heavy (non-hydrogen) atoms. The van der Waals surface area contributed by atoms with Gasteiger partial charge in [0.25, 0.3) is 0 Å². The maximum absolute atomic E-state index is 12.2. The number of ether oxygens (including phenoxy) is 1. The second-order valence-corrected chi connectivity index (χ2v) is 5.09. The molecule has 0 aromatic heterocycles. The third-order valence-corrected chi connectivity index (χ3v) is 3.66. The van der Waals surface area contributed by atoms with Crippen molar-refractivity contribution in [2.45, 2.75) is 38.3 Å². The fourth-order valence-electron chi connectivity index (χ4n) is 2.09. The Bertz CT molecular complexity index is 334. The van der Waals surface area contributed by atoms with Crippen LogP contribution in [0.1, 0.15) is 26.7 Å². The molecule has 1 N–H and O–H groups in total. The number of methoxy groups -OCH3 is 1. The van der Waals surface area contributed by atoms with Gasteiger partial charge in [0.1, 0.15) is 6.04 Å². The second-order valence-electron chi connectivity index (χ2n) is 5.09. The number of nitrogens with zero attached hydrogens (tertiary/aromatic N) is 2. The summed E-state index contributed by atoms with van der Waals surface area (Å²) in [6, 6.07) is -1.08. The van der Waals surface area contributed by atoms with Crippen LogP contribution >= 0.6 is 0 Å². The number of urea groups is 1. The zero-order valence-corrected chi connectivity index (χ0v) is 11.5. The summed E-state index contributed by atoms with van der Waals surface area (Å²) < 4.78 is 5.42. The van der Waals surface area contributed by atoms with Gasteiger partial charge in [-0.25, -0.2) is 9.59 Å². The van der Waals surface area contributed by atoms with Gasteiger partial charge in [-0.15, -0.1) is 0 Å². The molecule has 2 amide bonds. The predicted molar refractivity (Wildman–Crippen MR) is 66.5 cm³/mol. The molecule has 1 rings (SSSR count). The van der Waals surface area contributed by atoms with Crippen LogP contribution in [0.2, 0.25) is 0 Å². The maximum atomic E-state index is 12.2. The second kappa shape index (κ2) is 5.56. The average molecular weight is 258 g/mol. The Hall–Kier alpha value is -1.30. The Kier molecular flexibility index (Phi) is 4.56. The first-order valence-corrected chi connectivity index (χ1v) is 6.10. The lowest BCUT2D eigenvalue weighted by molar-refractivity contribution is -0.141. The van der Waals surface area contributed by atoms with Gasteiger partial charge in [-0.2, -0.15) is 0 Å². The molecule has 104 valence electrons. The Morgan fingerprint density at radius 2 is 2.11 bits per heavy atom.